The maximum atomic E-state index is 10.2. The Kier molecular flexibility index (Phi) is 5.38. The molecule has 0 spiro atoms. The maximum Gasteiger partial charge on any atom is 0.175 e. The van der Waals surface area contributed by atoms with Crippen molar-refractivity contribution in [3.63, 3.8) is 0 Å². The zero-order valence-electron chi connectivity index (χ0n) is 14.9. The normalized spacial score (nSPS) is 12.4. The number of H-pyrrole nitrogens is 1. The molecule has 7 nitrogen and oxygen atoms in total. The number of para-hydroxylation sites is 2. The molecule has 1 heterocycles. The van der Waals surface area contributed by atoms with Crippen LogP contribution in [0.3, 0.4) is 0 Å². The lowest BCUT2D eigenvalue weighted by Crippen LogP contribution is -2.01. The van der Waals surface area contributed by atoms with Gasteiger partial charge in [0.25, 0.3) is 0 Å². The number of fused-ring (bicyclic) bond motifs is 1. The molecule has 1 aromatic heterocycles. The van der Waals surface area contributed by atoms with E-state index in [9.17, 15) is 10.4 Å². The molecule has 0 saturated carbocycles. The third-order valence-corrected chi connectivity index (χ3v) is 3.94. The van der Waals surface area contributed by atoms with E-state index in [1.807, 2.05) is 54.6 Å². The summed E-state index contributed by atoms with van der Waals surface area (Å²) in [6.07, 6.45) is 0. The predicted octanol–water partition coefficient (Wildman–Crippen LogP) is 3.80. The zero-order valence-corrected chi connectivity index (χ0v) is 14.9. The Hall–Kier alpha value is -3.79. The number of aromatic amines is 1. The number of rotatable bonds is 6. The Morgan fingerprint density at radius 1 is 1.22 bits per heavy atom. The van der Waals surface area contributed by atoms with Crippen molar-refractivity contribution in [2.24, 2.45) is 5.16 Å². The van der Waals surface area contributed by atoms with Crippen LogP contribution < -0.4 is 4.74 Å². The lowest BCUT2D eigenvalue weighted by atomic mass is 10.1. The zero-order chi connectivity index (χ0) is 19.2. The highest BCUT2D eigenvalue weighted by molar-refractivity contribution is 5.98. The van der Waals surface area contributed by atoms with Crippen LogP contribution >= 0.6 is 0 Å². The first kappa shape index (κ1) is 18.0. The number of methoxy groups -OCH3 is 1. The van der Waals surface area contributed by atoms with Gasteiger partial charge in [0.1, 0.15) is 17.4 Å². The molecule has 7 heteroatoms. The molecule has 0 radical (unpaired) electrons. The molecule has 3 aromatic rings. The van der Waals surface area contributed by atoms with Crippen molar-refractivity contribution in [1.82, 2.24) is 9.97 Å². The summed E-state index contributed by atoms with van der Waals surface area (Å²) in [5, 5.41) is 23.6. The van der Waals surface area contributed by atoms with E-state index in [1.165, 1.54) is 0 Å². The fraction of sp³-hybridized carbons (Fsp3) is 0.150. The summed E-state index contributed by atoms with van der Waals surface area (Å²) in [7, 11) is 1.60. The number of benzene rings is 2. The van der Waals surface area contributed by atoms with E-state index in [1.54, 1.807) is 14.0 Å². The van der Waals surface area contributed by atoms with Gasteiger partial charge in [-0.3, -0.25) is 0 Å². The van der Waals surface area contributed by atoms with Gasteiger partial charge in [0.2, 0.25) is 0 Å². The lowest BCUT2D eigenvalue weighted by Gasteiger charge is -2.04. The number of nitriles is 1. The third kappa shape index (κ3) is 4.07. The highest BCUT2D eigenvalue weighted by Crippen LogP contribution is 2.19. The van der Waals surface area contributed by atoms with Gasteiger partial charge in [0.15, 0.2) is 18.2 Å². The number of oxime groups is 1. The quantitative estimate of drug-likeness (QED) is 0.300. The smallest absolute Gasteiger partial charge is 0.175 e. The SMILES string of the molecule is COc1ccc(/C(C)=N/OC/C(O)=C(\C#N)c2nc3ccccc3[nH]2)cc1. The first-order valence-corrected chi connectivity index (χ1v) is 8.20. The van der Waals surface area contributed by atoms with Crippen molar-refractivity contribution >= 4 is 22.3 Å². The molecule has 0 aliphatic heterocycles. The van der Waals surface area contributed by atoms with Gasteiger partial charge in [-0.25, -0.2) is 4.98 Å². The van der Waals surface area contributed by atoms with Gasteiger partial charge in [-0.05, 0) is 48.9 Å². The largest absolute Gasteiger partial charge is 0.507 e. The van der Waals surface area contributed by atoms with Crippen LogP contribution in [0.15, 0.2) is 59.4 Å². The summed E-state index contributed by atoms with van der Waals surface area (Å²) in [4.78, 5) is 12.5. The predicted molar refractivity (Wildman–Crippen MR) is 102 cm³/mol. The van der Waals surface area contributed by atoms with E-state index >= 15 is 0 Å². The Morgan fingerprint density at radius 2 is 1.96 bits per heavy atom. The fourth-order valence-electron chi connectivity index (χ4n) is 2.47. The van der Waals surface area contributed by atoms with Crippen LogP contribution in [-0.4, -0.2) is 34.5 Å². The minimum Gasteiger partial charge on any atom is -0.507 e. The van der Waals surface area contributed by atoms with Gasteiger partial charge < -0.3 is 19.7 Å². The minimum atomic E-state index is -0.247. The first-order chi connectivity index (χ1) is 13.1. The van der Waals surface area contributed by atoms with Crippen molar-refractivity contribution in [3.8, 4) is 11.8 Å². The number of ether oxygens (including phenoxy) is 1. The number of nitrogens with zero attached hydrogens (tertiary/aromatic N) is 3. The fourth-order valence-corrected chi connectivity index (χ4v) is 2.47. The molecule has 0 amide bonds. The summed E-state index contributed by atoms with van der Waals surface area (Å²) in [5.41, 5.74) is 3.00. The number of aliphatic hydroxyl groups is 1. The van der Waals surface area contributed by atoms with Gasteiger partial charge in [-0.2, -0.15) is 5.26 Å². The van der Waals surface area contributed by atoms with E-state index in [0.717, 1.165) is 16.8 Å². The Bertz CT molecular complexity index is 1010. The molecular weight excluding hydrogens is 344 g/mol. The van der Waals surface area contributed by atoms with Crippen molar-refractivity contribution in [1.29, 1.82) is 5.26 Å². The molecule has 0 bridgehead atoms. The molecule has 0 fully saturated rings. The van der Waals surface area contributed by atoms with Crippen molar-refractivity contribution < 1.29 is 14.7 Å². The summed E-state index contributed by atoms with van der Waals surface area (Å²) >= 11 is 0. The highest BCUT2D eigenvalue weighted by Gasteiger charge is 2.13. The van der Waals surface area contributed by atoms with Gasteiger partial charge in [0, 0.05) is 0 Å². The molecule has 2 aromatic carbocycles. The topological polar surface area (TPSA) is 104 Å². The lowest BCUT2D eigenvalue weighted by molar-refractivity contribution is 0.137. The number of nitrogens with one attached hydrogen (secondary N) is 1. The number of hydrogen-bond donors (Lipinski definition) is 2. The van der Waals surface area contributed by atoms with Gasteiger partial charge in [-0.1, -0.05) is 17.3 Å². The number of hydrogen-bond acceptors (Lipinski definition) is 6. The molecule has 27 heavy (non-hydrogen) atoms. The van der Waals surface area contributed by atoms with Crippen molar-refractivity contribution in [2.75, 3.05) is 13.7 Å². The van der Waals surface area contributed by atoms with E-state index < -0.39 is 0 Å². The monoisotopic (exact) mass is 362 g/mol. The highest BCUT2D eigenvalue weighted by atomic mass is 16.6. The Morgan fingerprint density at radius 3 is 2.63 bits per heavy atom. The van der Waals surface area contributed by atoms with Crippen LogP contribution in [0, 0.1) is 11.3 Å². The summed E-state index contributed by atoms with van der Waals surface area (Å²) in [5.74, 6) is 0.788. The summed E-state index contributed by atoms with van der Waals surface area (Å²) in [6.45, 7) is 1.54. The number of allylic oxidation sites excluding steroid dienone is 1. The second kappa shape index (κ2) is 8.06. The average molecular weight is 362 g/mol. The van der Waals surface area contributed by atoms with Crippen LogP contribution in [-0.2, 0) is 4.84 Å². The van der Waals surface area contributed by atoms with E-state index in [0.29, 0.717) is 11.2 Å². The maximum absolute atomic E-state index is 10.2. The van der Waals surface area contributed by atoms with Crippen molar-refractivity contribution in [2.45, 2.75) is 6.92 Å². The second-order valence-corrected chi connectivity index (χ2v) is 5.71. The second-order valence-electron chi connectivity index (χ2n) is 5.71. The molecule has 3 rings (SSSR count). The van der Waals surface area contributed by atoms with Crippen molar-refractivity contribution in [3.05, 3.63) is 65.7 Å². The van der Waals surface area contributed by atoms with Crippen LogP contribution in [0.1, 0.15) is 18.3 Å². The molecule has 0 aliphatic carbocycles. The van der Waals surface area contributed by atoms with Gasteiger partial charge in [-0.15, -0.1) is 0 Å². The molecule has 2 N–H and O–H groups in total. The summed E-state index contributed by atoms with van der Waals surface area (Å²) in [6, 6.07) is 16.7. The van der Waals surface area contributed by atoms with Crippen LogP contribution in [0.2, 0.25) is 0 Å². The van der Waals surface area contributed by atoms with E-state index in [4.69, 9.17) is 9.57 Å². The van der Waals surface area contributed by atoms with E-state index in [-0.39, 0.29) is 23.8 Å². The minimum absolute atomic E-state index is 0.0171. The summed E-state index contributed by atoms with van der Waals surface area (Å²) < 4.78 is 5.11. The Labute approximate surface area is 156 Å². The third-order valence-electron chi connectivity index (χ3n) is 3.94. The molecular formula is C20H18N4O3. The van der Waals surface area contributed by atoms with Gasteiger partial charge >= 0.3 is 0 Å². The molecule has 136 valence electrons. The molecule has 0 aliphatic rings. The van der Waals surface area contributed by atoms with Crippen LogP contribution in [0.4, 0.5) is 0 Å². The number of imidazole rings is 1. The molecule has 0 unspecified atom stereocenters. The Balaban J connectivity index is 1.73. The van der Waals surface area contributed by atoms with E-state index in [2.05, 4.69) is 15.1 Å². The number of aliphatic hydroxyl groups excluding tert-OH is 1. The standard InChI is InChI=1S/C20H18N4O3/c1-13(14-7-9-15(26-2)10-8-14)24-27-12-19(25)16(11-21)20-22-17-5-3-4-6-18(17)23-20/h3-10,25H,12H2,1-2H3,(H,22,23)/b19-16-,24-13+. The molecule has 0 atom stereocenters. The first-order valence-electron chi connectivity index (χ1n) is 8.20. The molecule has 0 saturated heterocycles. The van der Waals surface area contributed by atoms with Crippen LogP contribution in [0.25, 0.3) is 16.6 Å². The number of aromatic nitrogens is 2. The van der Waals surface area contributed by atoms with Gasteiger partial charge in [0.05, 0.1) is 23.9 Å². The van der Waals surface area contributed by atoms with Crippen LogP contribution in [0.5, 0.6) is 5.75 Å². The average Bonchev–Trinajstić information content (AvgIpc) is 3.12.